The molecule has 0 aliphatic rings. The molecule has 228 valence electrons. The molecule has 6 heteroatoms. The third kappa shape index (κ3) is 9.68. The van der Waals surface area contributed by atoms with Gasteiger partial charge in [0.15, 0.2) is 0 Å². The molecule has 41 heavy (non-hydrogen) atoms. The highest BCUT2D eigenvalue weighted by Gasteiger charge is 2.44. The lowest BCUT2D eigenvalue weighted by Crippen LogP contribution is -2.61. The number of benzene rings is 2. The summed E-state index contributed by atoms with van der Waals surface area (Å²) in [6, 6.07) is 18.5. The predicted octanol–water partition coefficient (Wildman–Crippen LogP) is 6.13. The number of nitrogens with one attached hydrogen (secondary N) is 2. The van der Waals surface area contributed by atoms with Gasteiger partial charge in [0.05, 0.1) is 23.3 Å². The van der Waals surface area contributed by atoms with E-state index < -0.39 is 40.5 Å². The second-order valence-electron chi connectivity index (χ2n) is 12.3. The van der Waals surface area contributed by atoms with Crippen molar-refractivity contribution in [3.8, 4) is 0 Å². The van der Waals surface area contributed by atoms with Gasteiger partial charge >= 0.3 is 0 Å². The molecule has 0 heterocycles. The van der Waals surface area contributed by atoms with Crippen LogP contribution in [0.25, 0.3) is 0 Å². The second-order valence-corrected chi connectivity index (χ2v) is 12.3. The Balaban J connectivity index is 2.36. The van der Waals surface area contributed by atoms with Gasteiger partial charge in [-0.25, -0.2) is 0 Å². The summed E-state index contributed by atoms with van der Waals surface area (Å²) in [5, 5.41) is 29.7. The smallest absolute Gasteiger partial charge is 0.235 e. The van der Waals surface area contributed by atoms with Gasteiger partial charge in [0.2, 0.25) is 11.8 Å². The molecule has 0 aliphatic heterocycles. The van der Waals surface area contributed by atoms with Gasteiger partial charge in [0.1, 0.15) is 5.41 Å². The van der Waals surface area contributed by atoms with Crippen LogP contribution in [0.4, 0.5) is 0 Å². The molecule has 2 aromatic carbocycles. The lowest BCUT2D eigenvalue weighted by Gasteiger charge is -2.40. The molecule has 2 rings (SSSR count). The zero-order chi connectivity index (χ0) is 30.5. The molecule has 0 spiro atoms. The Kier molecular flexibility index (Phi) is 13.5. The highest BCUT2D eigenvalue weighted by atomic mass is 16.3. The van der Waals surface area contributed by atoms with E-state index in [1.165, 1.54) is 0 Å². The molecule has 0 unspecified atom stereocenters. The van der Waals surface area contributed by atoms with Crippen molar-refractivity contribution in [3.63, 3.8) is 0 Å². The average molecular weight is 567 g/mol. The lowest BCUT2D eigenvalue weighted by atomic mass is 9.79. The van der Waals surface area contributed by atoms with E-state index in [9.17, 15) is 19.8 Å². The Morgan fingerprint density at radius 1 is 0.610 bits per heavy atom. The molecule has 0 fully saturated rings. The topological polar surface area (TPSA) is 98.7 Å². The molecular weight excluding hydrogens is 512 g/mol. The highest BCUT2D eigenvalue weighted by Crippen LogP contribution is 2.30. The summed E-state index contributed by atoms with van der Waals surface area (Å²) in [5.41, 5.74) is -1.60. The van der Waals surface area contributed by atoms with Gasteiger partial charge in [-0.2, -0.15) is 0 Å². The van der Waals surface area contributed by atoms with E-state index in [1.54, 1.807) is 13.8 Å². The second kappa shape index (κ2) is 16.1. The fourth-order valence-corrected chi connectivity index (χ4v) is 5.91. The molecule has 2 atom stereocenters. The van der Waals surface area contributed by atoms with E-state index in [0.29, 0.717) is 38.5 Å². The minimum absolute atomic E-state index is 0.436. The first-order valence-electron chi connectivity index (χ1n) is 15.6. The van der Waals surface area contributed by atoms with Crippen molar-refractivity contribution >= 4 is 11.8 Å². The van der Waals surface area contributed by atoms with E-state index in [1.807, 2.05) is 88.4 Å². The Morgan fingerprint density at radius 3 is 1.17 bits per heavy atom. The summed E-state index contributed by atoms with van der Waals surface area (Å²) in [5.74, 6) is -0.871. The third-order valence-corrected chi connectivity index (χ3v) is 8.34. The first-order chi connectivity index (χ1) is 19.5. The van der Waals surface area contributed by atoms with Crippen LogP contribution in [0.15, 0.2) is 60.7 Å². The molecule has 0 aliphatic carbocycles. The van der Waals surface area contributed by atoms with Crippen LogP contribution in [0.3, 0.4) is 0 Å². The molecule has 6 nitrogen and oxygen atoms in total. The van der Waals surface area contributed by atoms with Gasteiger partial charge in [-0.1, -0.05) is 114 Å². The first-order valence-corrected chi connectivity index (χ1v) is 15.6. The van der Waals surface area contributed by atoms with Crippen molar-refractivity contribution in [2.45, 2.75) is 129 Å². The van der Waals surface area contributed by atoms with E-state index >= 15 is 0 Å². The van der Waals surface area contributed by atoms with Crippen LogP contribution in [0.1, 0.15) is 104 Å². The maximum absolute atomic E-state index is 13.9. The molecule has 4 N–H and O–H groups in total. The SMILES string of the molecule is CCCC(O)(CCC)[C@@H](Cc1ccccc1)NC(=O)C(C)(C)C(=O)N[C@H](Cc1ccccc1)C(O)(CCC)CCC. The van der Waals surface area contributed by atoms with E-state index in [2.05, 4.69) is 10.6 Å². The minimum Gasteiger partial charge on any atom is -0.388 e. The number of carbonyl (C=O) groups excluding carboxylic acids is 2. The van der Waals surface area contributed by atoms with Crippen LogP contribution in [-0.4, -0.2) is 45.3 Å². The monoisotopic (exact) mass is 566 g/mol. The molecule has 0 saturated heterocycles. The fraction of sp³-hybridized carbons (Fsp3) is 0.600. The highest BCUT2D eigenvalue weighted by molar-refractivity contribution is 6.04. The van der Waals surface area contributed by atoms with Gasteiger partial charge in [-0.3, -0.25) is 9.59 Å². The quantitative estimate of drug-likeness (QED) is 0.163. The summed E-state index contributed by atoms with van der Waals surface area (Å²) in [6.45, 7) is 11.3. The number of carbonyl (C=O) groups is 2. The molecule has 0 bridgehead atoms. The van der Waals surface area contributed by atoms with Crippen LogP contribution in [0, 0.1) is 5.41 Å². The van der Waals surface area contributed by atoms with Crippen molar-refractivity contribution in [2.24, 2.45) is 5.41 Å². The maximum atomic E-state index is 13.9. The Morgan fingerprint density at radius 2 is 0.902 bits per heavy atom. The maximum Gasteiger partial charge on any atom is 0.235 e. The summed E-state index contributed by atoms with van der Waals surface area (Å²) >= 11 is 0. The molecular formula is C35H54N2O4. The number of aliphatic hydroxyl groups is 2. The Labute approximate surface area is 248 Å². The van der Waals surface area contributed by atoms with Gasteiger partial charge in [-0.05, 0) is 63.5 Å². The molecule has 2 aromatic rings. The largest absolute Gasteiger partial charge is 0.388 e. The van der Waals surface area contributed by atoms with Gasteiger partial charge in [0.25, 0.3) is 0 Å². The minimum atomic E-state index is -1.43. The average Bonchev–Trinajstić information content (AvgIpc) is 2.94. The van der Waals surface area contributed by atoms with E-state index in [0.717, 1.165) is 36.8 Å². The van der Waals surface area contributed by atoms with Gasteiger partial charge < -0.3 is 20.8 Å². The summed E-state index contributed by atoms with van der Waals surface area (Å²) < 4.78 is 0. The zero-order valence-corrected chi connectivity index (χ0v) is 26.2. The van der Waals surface area contributed by atoms with E-state index in [4.69, 9.17) is 0 Å². The van der Waals surface area contributed by atoms with Crippen molar-refractivity contribution in [2.75, 3.05) is 0 Å². The Hall–Kier alpha value is -2.70. The predicted molar refractivity (Wildman–Crippen MR) is 167 cm³/mol. The van der Waals surface area contributed by atoms with Gasteiger partial charge in [0, 0.05) is 0 Å². The van der Waals surface area contributed by atoms with Crippen molar-refractivity contribution in [1.82, 2.24) is 10.6 Å². The number of amides is 2. The van der Waals surface area contributed by atoms with Crippen LogP contribution >= 0.6 is 0 Å². The molecule has 0 radical (unpaired) electrons. The van der Waals surface area contributed by atoms with Crippen LogP contribution in [0.2, 0.25) is 0 Å². The molecule has 2 amide bonds. The fourth-order valence-electron chi connectivity index (χ4n) is 5.91. The van der Waals surface area contributed by atoms with Crippen LogP contribution in [-0.2, 0) is 22.4 Å². The number of hydrogen-bond acceptors (Lipinski definition) is 4. The summed E-state index contributed by atoms with van der Waals surface area (Å²) in [4.78, 5) is 27.7. The Bertz CT molecular complexity index is 959. The molecule has 0 saturated carbocycles. The van der Waals surface area contributed by atoms with Crippen molar-refractivity contribution < 1.29 is 19.8 Å². The van der Waals surface area contributed by atoms with Crippen molar-refractivity contribution in [3.05, 3.63) is 71.8 Å². The molecule has 0 aromatic heterocycles. The van der Waals surface area contributed by atoms with Crippen LogP contribution in [0.5, 0.6) is 0 Å². The summed E-state index contributed by atoms with van der Waals surface area (Å²) in [6.07, 6.45) is 6.21. The van der Waals surface area contributed by atoms with Crippen molar-refractivity contribution in [1.29, 1.82) is 0 Å². The van der Waals surface area contributed by atoms with E-state index in [-0.39, 0.29) is 0 Å². The standard InChI is InChI=1S/C35H54N2O4/c1-7-21-34(40,22-8-2)29(25-27-17-13-11-14-18-27)36-31(38)33(5,6)32(39)37-30(26-28-19-15-12-16-20-28)35(41,23-9-3)24-10-4/h11-20,29-30,40-41H,7-10,21-26H2,1-6H3,(H,36,38)(H,37,39)/t29-,30-/m1/s1. The van der Waals surface area contributed by atoms with Gasteiger partial charge in [-0.15, -0.1) is 0 Å². The summed E-state index contributed by atoms with van der Waals surface area (Å²) in [7, 11) is 0. The first kappa shape index (κ1) is 34.5. The number of hydrogen-bond donors (Lipinski definition) is 4. The van der Waals surface area contributed by atoms with Crippen LogP contribution < -0.4 is 10.6 Å². The zero-order valence-electron chi connectivity index (χ0n) is 26.2. The lowest BCUT2D eigenvalue weighted by molar-refractivity contribution is -0.145. The number of rotatable bonds is 18. The normalized spacial score (nSPS) is 13.9. The third-order valence-electron chi connectivity index (χ3n) is 8.34.